The minimum atomic E-state index is -0.526. The minimum absolute atomic E-state index is 0.0259. The highest BCUT2D eigenvalue weighted by atomic mass is 16.6. The summed E-state index contributed by atoms with van der Waals surface area (Å²) in [6, 6.07) is 7.10. The van der Waals surface area contributed by atoms with Gasteiger partial charge in [0.1, 0.15) is 6.61 Å². The van der Waals surface area contributed by atoms with Crippen molar-refractivity contribution in [2.45, 2.75) is 0 Å². The smallest absolute Gasteiger partial charge is 0.311 e. The van der Waals surface area contributed by atoms with Crippen molar-refractivity contribution in [1.82, 2.24) is 10.3 Å². The van der Waals surface area contributed by atoms with Crippen LogP contribution in [0.15, 0.2) is 38.7 Å². The summed E-state index contributed by atoms with van der Waals surface area (Å²) < 4.78 is 9.25. The first-order chi connectivity index (χ1) is 9.70. The first-order valence-corrected chi connectivity index (χ1v) is 5.67. The Kier molecular flexibility index (Phi) is 4.32. The van der Waals surface area contributed by atoms with Gasteiger partial charge >= 0.3 is 5.56 Å². The largest absolute Gasteiger partial charge is 0.382 e. The predicted octanol–water partition coefficient (Wildman–Crippen LogP) is 0.398. The topological polar surface area (TPSA) is 106 Å². The number of H-pyrrole nitrogens is 1. The summed E-state index contributed by atoms with van der Waals surface area (Å²) in [6.07, 6.45) is 0. The van der Waals surface area contributed by atoms with Crippen LogP contribution in [0, 0.1) is 11.8 Å². The second-order valence-corrected chi connectivity index (χ2v) is 3.74. The fraction of sp³-hybridized carbons (Fsp3) is 0.154. The summed E-state index contributed by atoms with van der Waals surface area (Å²) in [4.78, 5) is 15.4. The third kappa shape index (κ3) is 3.34. The molecule has 0 saturated carbocycles. The molecular weight excluding hydrogens is 260 g/mol. The average Bonchev–Trinajstić information content (AvgIpc) is 2.86. The molecule has 0 radical (unpaired) electrons. The summed E-state index contributed by atoms with van der Waals surface area (Å²) in [7, 11) is 1.57. The Hall–Kier alpha value is -2.85. The van der Waals surface area contributed by atoms with E-state index >= 15 is 0 Å². The molecule has 3 N–H and O–H groups in total. The molecule has 20 heavy (non-hydrogen) atoms. The molecule has 0 amide bonds. The second-order valence-electron chi connectivity index (χ2n) is 3.74. The third-order valence-corrected chi connectivity index (χ3v) is 2.28. The standard InChI is InChI=1S/C13H12N4O3/c1-19-7-3-5-9-4-2-6-10(8-9)15-12(14)11-13(18)17-20-16-11/h2,4,6,8H,7H2,1H3,(H2,14,15)(H,17,18). The predicted molar refractivity (Wildman–Crippen MR) is 72.7 cm³/mol. The Bertz CT molecular complexity index is 734. The van der Waals surface area contributed by atoms with Gasteiger partial charge in [-0.2, -0.15) is 5.16 Å². The molecule has 0 fully saturated rings. The van der Waals surface area contributed by atoms with E-state index in [1.165, 1.54) is 0 Å². The van der Waals surface area contributed by atoms with E-state index in [4.69, 9.17) is 10.5 Å². The van der Waals surface area contributed by atoms with Gasteiger partial charge in [-0.15, -0.1) is 0 Å². The van der Waals surface area contributed by atoms with Gasteiger partial charge in [0.05, 0.1) is 5.69 Å². The Morgan fingerprint density at radius 3 is 3.15 bits per heavy atom. The van der Waals surface area contributed by atoms with Crippen molar-refractivity contribution in [2.24, 2.45) is 10.7 Å². The van der Waals surface area contributed by atoms with Crippen LogP contribution in [0.2, 0.25) is 0 Å². The molecule has 0 aliphatic carbocycles. The number of nitrogens with two attached hydrogens (primary N) is 1. The van der Waals surface area contributed by atoms with Crippen LogP contribution in [0.5, 0.6) is 0 Å². The van der Waals surface area contributed by atoms with Crippen molar-refractivity contribution in [2.75, 3.05) is 13.7 Å². The summed E-state index contributed by atoms with van der Waals surface area (Å²) in [6.45, 7) is 0.351. The Morgan fingerprint density at radius 2 is 2.45 bits per heavy atom. The van der Waals surface area contributed by atoms with Crippen LogP contribution in [0.4, 0.5) is 5.69 Å². The van der Waals surface area contributed by atoms with E-state index in [-0.39, 0.29) is 11.5 Å². The van der Waals surface area contributed by atoms with Crippen LogP contribution in [0.1, 0.15) is 11.3 Å². The lowest BCUT2D eigenvalue weighted by atomic mass is 10.2. The monoisotopic (exact) mass is 272 g/mol. The van der Waals surface area contributed by atoms with E-state index in [2.05, 4.69) is 26.6 Å². The quantitative estimate of drug-likeness (QED) is 0.478. The Morgan fingerprint density at radius 1 is 1.60 bits per heavy atom. The number of nitrogens with zero attached hydrogens (tertiary/aromatic N) is 2. The maximum Gasteiger partial charge on any atom is 0.311 e. The number of ether oxygens (including phenoxy) is 1. The van der Waals surface area contributed by atoms with Crippen LogP contribution in [-0.2, 0) is 4.74 Å². The maximum absolute atomic E-state index is 11.3. The molecule has 0 bridgehead atoms. The third-order valence-electron chi connectivity index (χ3n) is 2.28. The summed E-state index contributed by atoms with van der Waals surface area (Å²) in [5, 5.41) is 5.49. The SMILES string of the molecule is COCC#Cc1cccc(N=C(N)c2no[nH]c2=O)c1. The number of rotatable bonds is 3. The number of benzene rings is 1. The molecule has 7 nitrogen and oxygen atoms in total. The highest BCUT2D eigenvalue weighted by Gasteiger charge is 2.09. The number of hydrogen-bond donors (Lipinski definition) is 2. The summed E-state index contributed by atoms with van der Waals surface area (Å²) >= 11 is 0. The minimum Gasteiger partial charge on any atom is -0.382 e. The fourth-order valence-electron chi connectivity index (χ4n) is 1.42. The van der Waals surface area contributed by atoms with Gasteiger partial charge in [-0.25, -0.2) is 4.99 Å². The molecule has 0 unspecified atom stereocenters. The van der Waals surface area contributed by atoms with Gasteiger partial charge in [-0.1, -0.05) is 17.9 Å². The van der Waals surface area contributed by atoms with Crippen LogP contribution in [-0.4, -0.2) is 29.9 Å². The molecular formula is C13H12N4O3. The van der Waals surface area contributed by atoms with Gasteiger partial charge in [-0.3, -0.25) is 9.42 Å². The van der Waals surface area contributed by atoms with Gasteiger partial charge in [0.15, 0.2) is 5.84 Å². The van der Waals surface area contributed by atoms with Crippen LogP contribution in [0.3, 0.4) is 0 Å². The molecule has 1 heterocycles. The van der Waals surface area contributed by atoms with Crippen molar-refractivity contribution >= 4 is 11.5 Å². The molecule has 7 heteroatoms. The van der Waals surface area contributed by atoms with Gasteiger partial charge in [0, 0.05) is 12.7 Å². The number of methoxy groups -OCH3 is 1. The van der Waals surface area contributed by atoms with Gasteiger partial charge in [-0.05, 0) is 23.4 Å². The lowest BCUT2D eigenvalue weighted by Gasteiger charge is -1.97. The van der Waals surface area contributed by atoms with E-state index in [1.807, 2.05) is 11.2 Å². The van der Waals surface area contributed by atoms with E-state index in [0.29, 0.717) is 12.3 Å². The fourth-order valence-corrected chi connectivity index (χ4v) is 1.42. The first-order valence-electron chi connectivity index (χ1n) is 5.67. The molecule has 0 atom stereocenters. The summed E-state index contributed by atoms with van der Waals surface area (Å²) in [5.41, 5.74) is 6.45. The van der Waals surface area contributed by atoms with Crippen LogP contribution >= 0.6 is 0 Å². The molecule has 2 rings (SSSR count). The number of nitrogens with one attached hydrogen (secondary N) is 1. The number of aromatic amines is 1. The van der Waals surface area contributed by atoms with E-state index in [1.54, 1.807) is 25.3 Å². The molecule has 102 valence electrons. The molecule has 2 aromatic rings. The molecule has 1 aromatic heterocycles. The lowest BCUT2D eigenvalue weighted by Crippen LogP contribution is -2.21. The second kappa shape index (κ2) is 6.36. The Balaban J connectivity index is 2.26. The van der Waals surface area contributed by atoms with E-state index < -0.39 is 5.56 Å². The molecule has 1 aromatic carbocycles. The van der Waals surface area contributed by atoms with Crippen molar-refractivity contribution in [3.8, 4) is 11.8 Å². The zero-order valence-electron chi connectivity index (χ0n) is 10.7. The number of amidine groups is 1. The van der Waals surface area contributed by atoms with E-state index in [0.717, 1.165) is 5.56 Å². The molecule has 0 aliphatic rings. The summed E-state index contributed by atoms with van der Waals surface area (Å²) in [5.74, 6) is 5.73. The van der Waals surface area contributed by atoms with Gasteiger partial charge in [0.2, 0.25) is 5.69 Å². The molecule has 0 saturated heterocycles. The van der Waals surface area contributed by atoms with Gasteiger partial charge < -0.3 is 10.5 Å². The van der Waals surface area contributed by atoms with Gasteiger partial charge in [0.25, 0.3) is 0 Å². The Labute approximate surface area is 114 Å². The highest BCUT2D eigenvalue weighted by Crippen LogP contribution is 2.13. The average molecular weight is 272 g/mol. The van der Waals surface area contributed by atoms with Crippen LogP contribution in [0.25, 0.3) is 0 Å². The van der Waals surface area contributed by atoms with E-state index in [9.17, 15) is 4.79 Å². The maximum atomic E-state index is 11.3. The number of aromatic nitrogens is 2. The normalized spacial score (nSPS) is 10.9. The van der Waals surface area contributed by atoms with Crippen molar-refractivity contribution in [3.05, 3.63) is 45.9 Å². The highest BCUT2D eigenvalue weighted by molar-refractivity contribution is 5.96. The first kappa shape index (κ1) is 13.6. The number of hydrogen-bond acceptors (Lipinski definition) is 5. The zero-order valence-corrected chi connectivity index (χ0v) is 10.7. The van der Waals surface area contributed by atoms with Crippen molar-refractivity contribution in [1.29, 1.82) is 0 Å². The van der Waals surface area contributed by atoms with Crippen LogP contribution < -0.4 is 11.3 Å². The molecule has 0 aliphatic heterocycles. The zero-order chi connectivity index (χ0) is 14.4. The lowest BCUT2D eigenvalue weighted by molar-refractivity contribution is 0.240. The number of aliphatic imine (C=N–C) groups is 1. The van der Waals surface area contributed by atoms with Crippen molar-refractivity contribution < 1.29 is 9.37 Å². The molecule has 0 spiro atoms. The van der Waals surface area contributed by atoms with Crippen molar-refractivity contribution in [3.63, 3.8) is 0 Å².